The van der Waals surface area contributed by atoms with Crippen molar-refractivity contribution in [2.45, 2.75) is 18.8 Å². The lowest BCUT2D eigenvalue weighted by Crippen LogP contribution is -2.03. The largest absolute Gasteiger partial charge is 0.497 e. The van der Waals surface area contributed by atoms with E-state index in [1.165, 1.54) is 0 Å². The van der Waals surface area contributed by atoms with Gasteiger partial charge in [0.15, 0.2) is 5.82 Å². The van der Waals surface area contributed by atoms with E-state index in [0.29, 0.717) is 23.3 Å². The summed E-state index contributed by atoms with van der Waals surface area (Å²) in [5, 5.41) is 0. The average Bonchev–Trinajstić information content (AvgIpc) is 3.34. The lowest BCUT2D eigenvalue weighted by molar-refractivity contribution is 0.395. The highest BCUT2D eigenvalue weighted by Gasteiger charge is 2.29. The van der Waals surface area contributed by atoms with E-state index in [1.807, 2.05) is 18.2 Å². The summed E-state index contributed by atoms with van der Waals surface area (Å²) in [5.74, 6) is 2.91. The number of hydrogen-bond donors (Lipinski definition) is 1. The molecule has 110 valence electrons. The van der Waals surface area contributed by atoms with Gasteiger partial charge in [0.25, 0.3) is 0 Å². The van der Waals surface area contributed by atoms with Crippen molar-refractivity contribution in [3.05, 3.63) is 28.4 Å². The molecule has 6 heteroatoms. The summed E-state index contributed by atoms with van der Waals surface area (Å²) in [6, 6.07) is 5.56. The lowest BCUT2D eigenvalue weighted by Gasteiger charge is -2.12. The Morgan fingerprint density at radius 3 is 2.57 bits per heavy atom. The average molecular weight is 350 g/mol. The molecule has 1 heterocycles. The van der Waals surface area contributed by atoms with Gasteiger partial charge in [-0.15, -0.1) is 0 Å². The van der Waals surface area contributed by atoms with Crippen LogP contribution in [-0.4, -0.2) is 24.2 Å². The monoisotopic (exact) mass is 349 g/mol. The van der Waals surface area contributed by atoms with Crippen molar-refractivity contribution in [3.8, 4) is 22.9 Å². The van der Waals surface area contributed by atoms with Gasteiger partial charge in [-0.25, -0.2) is 9.97 Å². The zero-order chi connectivity index (χ0) is 15.0. The molecule has 1 aliphatic rings. The van der Waals surface area contributed by atoms with Gasteiger partial charge in [0.2, 0.25) is 0 Å². The van der Waals surface area contributed by atoms with Gasteiger partial charge in [-0.1, -0.05) is 0 Å². The Morgan fingerprint density at radius 2 is 1.95 bits per heavy atom. The summed E-state index contributed by atoms with van der Waals surface area (Å²) in [6.45, 7) is 0. The van der Waals surface area contributed by atoms with Crippen LogP contribution >= 0.6 is 15.9 Å². The highest BCUT2D eigenvalue weighted by molar-refractivity contribution is 9.10. The second-order valence-electron chi connectivity index (χ2n) is 4.97. The zero-order valence-electron chi connectivity index (χ0n) is 11.9. The molecular formula is C15H16BrN3O2. The standard InChI is InChI=1S/C15H16BrN3O2/c1-20-9-5-6-10(11(7-9)21-2)15-18-13(8-3-4-8)12(16)14(17)19-15/h5-8H,3-4H2,1-2H3,(H2,17,18,19). The third-order valence-electron chi connectivity index (χ3n) is 3.52. The maximum absolute atomic E-state index is 6.01. The lowest BCUT2D eigenvalue weighted by atomic mass is 10.1. The first kappa shape index (κ1) is 14.1. The topological polar surface area (TPSA) is 70.3 Å². The number of methoxy groups -OCH3 is 2. The van der Waals surface area contributed by atoms with E-state index in [9.17, 15) is 0 Å². The maximum Gasteiger partial charge on any atom is 0.165 e. The number of nitrogens with two attached hydrogens (primary N) is 1. The fourth-order valence-electron chi connectivity index (χ4n) is 2.21. The molecule has 2 N–H and O–H groups in total. The number of rotatable bonds is 4. The van der Waals surface area contributed by atoms with Gasteiger partial charge in [-0.05, 0) is 40.9 Å². The predicted octanol–water partition coefficient (Wildman–Crippen LogP) is 3.38. The second kappa shape index (κ2) is 5.52. The van der Waals surface area contributed by atoms with Crippen LogP contribution in [0.15, 0.2) is 22.7 Å². The van der Waals surface area contributed by atoms with E-state index in [2.05, 4.69) is 25.9 Å². The quantitative estimate of drug-likeness (QED) is 0.915. The molecule has 1 fully saturated rings. The van der Waals surface area contributed by atoms with Gasteiger partial charge < -0.3 is 15.2 Å². The third-order valence-corrected chi connectivity index (χ3v) is 4.33. The smallest absolute Gasteiger partial charge is 0.165 e. The number of ether oxygens (including phenoxy) is 2. The molecule has 0 radical (unpaired) electrons. The maximum atomic E-state index is 6.01. The zero-order valence-corrected chi connectivity index (χ0v) is 13.5. The van der Waals surface area contributed by atoms with Crippen molar-refractivity contribution >= 4 is 21.7 Å². The summed E-state index contributed by atoms with van der Waals surface area (Å²) in [5.41, 5.74) is 7.80. The molecule has 5 nitrogen and oxygen atoms in total. The Morgan fingerprint density at radius 1 is 1.19 bits per heavy atom. The Labute approximate surface area is 131 Å². The van der Waals surface area contributed by atoms with Gasteiger partial charge >= 0.3 is 0 Å². The van der Waals surface area contributed by atoms with E-state index in [-0.39, 0.29) is 0 Å². The van der Waals surface area contributed by atoms with Crippen LogP contribution < -0.4 is 15.2 Å². The van der Waals surface area contributed by atoms with Crippen LogP contribution in [0.1, 0.15) is 24.5 Å². The van der Waals surface area contributed by atoms with E-state index in [4.69, 9.17) is 15.2 Å². The fraction of sp³-hybridized carbons (Fsp3) is 0.333. The van der Waals surface area contributed by atoms with Crippen molar-refractivity contribution < 1.29 is 9.47 Å². The Hall–Kier alpha value is -1.82. The van der Waals surface area contributed by atoms with E-state index >= 15 is 0 Å². The molecule has 1 aliphatic carbocycles. The Bertz CT molecular complexity index is 687. The Kier molecular flexibility index (Phi) is 3.71. The van der Waals surface area contributed by atoms with Crippen LogP contribution in [0.5, 0.6) is 11.5 Å². The molecule has 1 aromatic carbocycles. The van der Waals surface area contributed by atoms with Crippen molar-refractivity contribution in [2.24, 2.45) is 0 Å². The fourth-order valence-corrected chi connectivity index (χ4v) is 2.71. The highest BCUT2D eigenvalue weighted by Crippen LogP contribution is 2.44. The molecule has 1 aromatic heterocycles. The van der Waals surface area contributed by atoms with Crippen molar-refractivity contribution in [1.82, 2.24) is 9.97 Å². The van der Waals surface area contributed by atoms with Crippen LogP contribution in [0.25, 0.3) is 11.4 Å². The summed E-state index contributed by atoms with van der Waals surface area (Å²) in [7, 11) is 3.23. The molecule has 0 spiro atoms. The van der Waals surface area contributed by atoms with Gasteiger partial charge in [0.1, 0.15) is 17.3 Å². The minimum absolute atomic E-state index is 0.458. The molecule has 0 bridgehead atoms. The first-order chi connectivity index (χ1) is 10.1. The summed E-state index contributed by atoms with van der Waals surface area (Å²) in [6.07, 6.45) is 2.29. The number of aromatic nitrogens is 2. The van der Waals surface area contributed by atoms with E-state index < -0.39 is 0 Å². The minimum atomic E-state index is 0.458. The molecule has 2 aromatic rings. The molecule has 1 saturated carbocycles. The van der Waals surface area contributed by atoms with Gasteiger partial charge in [-0.3, -0.25) is 0 Å². The number of nitrogens with zero attached hydrogens (tertiary/aromatic N) is 2. The van der Waals surface area contributed by atoms with Crippen LogP contribution in [0.3, 0.4) is 0 Å². The van der Waals surface area contributed by atoms with Gasteiger partial charge in [0, 0.05) is 12.0 Å². The third kappa shape index (κ3) is 2.68. The second-order valence-corrected chi connectivity index (χ2v) is 5.77. The van der Waals surface area contributed by atoms with Crippen LogP contribution in [0.2, 0.25) is 0 Å². The SMILES string of the molecule is COc1ccc(-c2nc(N)c(Br)c(C3CC3)n2)c(OC)c1. The number of anilines is 1. The highest BCUT2D eigenvalue weighted by atomic mass is 79.9. The molecule has 21 heavy (non-hydrogen) atoms. The molecule has 0 atom stereocenters. The normalized spacial score (nSPS) is 14.0. The molecule has 0 aliphatic heterocycles. The van der Waals surface area contributed by atoms with Crippen LogP contribution in [0.4, 0.5) is 5.82 Å². The summed E-state index contributed by atoms with van der Waals surface area (Å²) >= 11 is 3.48. The number of hydrogen-bond acceptors (Lipinski definition) is 5. The number of nitrogen functional groups attached to an aromatic ring is 1. The summed E-state index contributed by atoms with van der Waals surface area (Å²) < 4.78 is 11.4. The molecule has 0 unspecified atom stereocenters. The van der Waals surface area contributed by atoms with Crippen LogP contribution in [-0.2, 0) is 0 Å². The Balaban J connectivity index is 2.12. The van der Waals surface area contributed by atoms with Gasteiger partial charge in [0.05, 0.1) is 29.9 Å². The first-order valence-corrected chi connectivity index (χ1v) is 7.48. The van der Waals surface area contributed by atoms with Crippen molar-refractivity contribution in [2.75, 3.05) is 20.0 Å². The molecule has 3 rings (SSSR count). The van der Waals surface area contributed by atoms with E-state index in [0.717, 1.165) is 34.3 Å². The first-order valence-electron chi connectivity index (χ1n) is 6.69. The molecule has 0 saturated heterocycles. The van der Waals surface area contributed by atoms with Gasteiger partial charge in [-0.2, -0.15) is 0 Å². The summed E-state index contributed by atoms with van der Waals surface area (Å²) in [4.78, 5) is 9.05. The number of benzene rings is 1. The molecular weight excluding hydrogens is 334 g/mol. The van der Waals surface area contributed by atoms with Crippen molar-refractivity contribution in [3.63, 3.8) is 0 Å². The minimum Gasteiger partial charge on any atom is -0.497 e. The predicted molar refractivity (Wildman–Crippen MR) is 84.7 cm³/mol. The van der Waals surface area contributed by atoms with Crippen LogP contribution in [0, 0.1) is 0 Å². The molecule has 0 amide bonds. The number of halogens is 1. The van der Waals surface area contributed by atoms with E-state index in [1.54, 1.807) is 14.2 Å². The van der Waals surface area contributed by atoms with Crippen molar-refractivity contribution in [1.29, 1.82) is 0 Å².